The highest BCUT2D eigenvalue weighted by Gasteiger charge is 2.14. The number of amides is 1. The van der Waals surface area contributed by atoms with Crippen LogP contribution < -0.4 is 10.2 Å². The highest BCUT2D eigenvalue weighted by molar-refractivity contribution is 7.16. The van der Waals surface area contributed by atoms with Crippen LogP contribution in [0.3, 0.4) is 0 Å². The third-order valence-corrected chi connectivity index (χ3v) is 5.20. The van der Waals surface area contributed by atoms with Crippen LogP contribution in [0.5, 0.6) is 0 Å². The van der Waals surface area contributed by atoms with Gasteiger partial charge in [0.1, 0.15) is 17.4 Å². The van der Waals surface area contributed by atoms with Crippen LogP contribution >= 0.6 is 11.3 Å². The molecule has 0 unspecified atom stereocenters. The SMILES string of the molecule is CCCn1c(=NC(=O)c2coc3ccccc3c2=O)sc2ccccc21. The van der Waals surface area contributed by atoms with Gasteiger partial charge in [-0.1, -0.05) is 42.5 Å². The number of hydrogen-bond donors (Lipinski definition) is 0. The van der Waals surface area contributed by atoms with Crippen LogP contribution in [0.15, 0.2) is 69.0 Å². The van der Waals surface area contributed by atoms with Crippen molar-refractivity contribution in [3.05, 3.63) is 75.4 Å². The highest BCUT2D eigenvalue weighted by Crippen LogP contribution is 2.17. The number of thiazole rings is 1. The van der Waals surface area contributed by atoms with Crippen LogP contribution in [-0.4, -0.2) is 10.5 Å². The quantitative estimate of drug-likeness (QED) is 0.553. The maximum Gasteiger partial charge on any atom is 0.286 e. The fourth-order valence-corrected chi connectivity index (χ4v) is 3.97. The molecule has 0 aliphatic rings. The normalized spacial score (nSPS) is 12.1. The third kappa shape index (κ3) is 2.78. The van der Waals surface area contributed by atoms with Crippen molar-refractivity contribution in [3.8, 4) is 0 Å². The molecule has 1 amide bonds. The predicted molar refractivity (Wildman–Crippen MR) is 102 cm³/mol. The molecule has 0 bridgehead atoms. The molecule has 0 saturated carbocycles. The van der Waals surface area contributed by atoms with Gasteiger partial charge in [0.2, 0.25) is 5.43 Å². The van der Waals surface area contributed by atoms with Crippen molar-refractivity contribution in [1.29, 1.82) is 0 Å². The number of aryl methyl sites for hydroxylation is 1. The van der Waals surface area contributed by atoms with Gasteiger partial charge in [-0.3, -0.25) is 9.59 Å². The van der Waals surface area contributed by atoms with Crippen LogP contribution in [0.25, 0.3) is 21.2 Å². The average molecular weight is 364 g/mol. The summed E-state index contributed by atoms with van der Waals surface area (Å²) in [4.78, 5) is 30.1. The van der Waals surface area contributed by atoms with Gasteiger partial charge in [0, 0.05) is 6.54 Å². The summed E-state index contributed by atoms with van der Waals surface area (Å²) in [6.45, 7) is 2.82. The van der Waals surface area contributed by atoms with Gasteiger partial charge in [-0.2, -0.15) is 4.99 Å². The summed E-state index contributed by atoms with van der Waals surface area (Å²) in [7, 11) is 0. The van der Waals surface area contributed by atoms with E-state index in [1.165, 1.54) is 17.6 Å². The highest BCUT2D eigenvalue weighted by atomic mass is 32.1. The summed E-state index contributed by atoms with van der Waals surface area (Å²) < 4.78 is 8.50. The van der Waals surface area contributed by atoms with E-state index in [0.717, 1.165) is 23.2 Å². The zero-order chi connectivity index (χ0) is 18.1. The van der Waals surface area contributed by atoms with Gasteiger partial charge in [-0.05, 0) is 30.7 Å². The summed E-state index contributed by atoms with van der Waals surface area (Å²) in [6.07, 6.45) is 2.12. The number of aromatic nitrogens is 1. The van der Waals surface area contributed by atoms with E-state index in [4.69, 9.17) is 4.42 Å². The molecule has 0 fully saturated rings. The molecular formula is C20H16N2O3S. The molecule has 5 nitrogen and oxygen atoms in total. The lowest BCUT2D eigenvalue weighted by Gasteiger charge is -2.02. The van der Waals surface area contributed by atoms with Crippen LogP contribution in [-0.2, 0) is 6.54 Å². The summed E-state index contributed by atoms with van der Waals surface area (Å²) in [5.74, 6) is -0.582. The molecule has 6 heteroatoms. The lowest BCUT2D eigenvalue weighted by Crippen LogP contribution is -2.20. The molecule has 4 aromatic rings. The van der Waals surface area contributed by atoms with Crippen molar-refractivity contribution in [2.75, 3.05) is 0 Å². The first-order valence-corrected chi connectivity index (χ1v) is 9.18. The van der Waals surface area contributed by atoms with E-state index in [-0.39, 0.29) is 11.0 Å². The Morgan fingerprint density at radius 1 is 1.15 bits per heavy atom. The number of carbonyl (C=O) groups excluding carboxylic acids is 1. The molecular weight excluding hydrogens is 348 g/mol. The topological polar surface area (TPSA) is 64.6 Å². The molecule has 130 valence electrons. The average Bonchev–Trinajstić information content (AvgIpc) is 3.00. The van der Waals surface area contributed by atoms with Gasteiger partial charge >= 0.3 is 0 Å². The van der Waals surface area contributed by atoms with E-state index in [0.29, 0.717) is 15.8 Å². The van der Waals surface area contributed by atoms with E-state index in [1.807, 2.05) is 28.8 Å². The first-order valence-electron chi connectivity index (χ1n) is 8.37. The first kappa shape index (κ1) is 16.5. The van der Waals surface area contributed by atoms with Crippen LogP contribution in [0.1, 0.15) is 23.7 Å². The van der Waals surface area contributed by atoms with Crippen LogP contribution in [0.4, 0.5) is 0 Å². The minimum atomic E-state index is -0.582. The fourth-order valence-electron chi connectivity index (χ4n) is 2.92. The summed E-state index contributed by atoms with van der Waals surface area (Å²) >= 11 is 1.44. The van der Waals surface area contributed by atoms with Crippen molar-refractivity contribution >= 4 is 38.4 Å². The first-order chi connectivity index (χ1) is 12.7. The number of nitrogens with zero attached hydrogens (tertiary/aromatic N) is 2. The minimum absolute atomic E-state index is 0.0517. The maximum absolute atomic E-state index is 12.7. The Hall–Kier alpha value is -2.99. The van der Waals surface area contributed by atoms with Crippen molar-refractivity contribution in [3.63, 3.8) is 0 Å². The number of rotatable bonds is 3. The van der Waals surface area contributed by atoms with Crippen LogP contribution in [0.2, 0.25) is 0 Å². The van der Waals surface area contributed by atoms with Gasteiger partial charge in [-0.15, -0.1) is 0 Å². The van der Waals surface area contributed by atoms with E-state index >= 15 is 0 Å². The zero-order valence-corrected chi connectivity index (χ0v) is 15.0. The lowest BCUT2D eigenvalue weighted by molar-refractivity contribution is 0.0995. The molecule has 0 spiro atoms. The summed E-state index contributed by atoms with van der Waals surface area (Å²) in [5.41, 5.74) is 1.08. The number of carbonyl (C=O) groups is 1. The lowest BCUT2D eigenvalue weighted by atomic mass is 10.2. The Morgan fingerprint density at radius 3 is 2.77 bits per heavy atom. The van der Waals surface area contributed by atoms with Crippen molar-refractivity contribution in [2.24, 2.45) is 4.99 Å². The Bertz CT molecular complexity index is 1250. The fraction of sp³-hybridized carbons (Fsp3) is 0.150. The predicted octanol–water partition coefficient (Wildman–Crippen LogP) is 3.96. The van der Waals surface area contributed by atoms with E-state index in [1.54, 1.807) is 24.3 Å². The van der Waals surface area contributed by atoms with Crippen LogP contribution in [0, 0.1) is 0 Å². The Balaban J connectivity index is 1.88. The van der Waals surface area contributed by atoms with Crippen molar-refractivity contribution in [1.82, 2.24) is 4.57 Å². The number of hydrogen-bond acceptors (Lipinski definition) is 4. The second-order valence-electron chi connectivity index (χ2n) is 5.90. The van der Waals surface area contributed by atoms with Crippen molar-refractivity contribution in [2.45, 2.75) is 19.9 Å². The van der Waals surface area contributed by atoms with Gasteiger partial charge in [0.25, 0.3) is 5.91 Å². The Morgan fingerprint density at radius 2 is 1.92 bits per heavy atom. The number of benzene rings is 2. The molecule has 4 rings (SSSR count). The van der Waals surface area contributed by atoms with Crippen molar-refractivity contribution < 1.29 is 9.21 Å². The molecule has 0 atom stereocenters. The molecule has 2 aromatic carbocycles. The second kappa shape index (κ2) is 6.72. The molecule has 0 radical (unpaired) electrons. The molecule has 2 heterocycles. The maximum atomic E-state index is 12.7. The standard InChI is InChI=1S/C20H16N2O3S/c1-2-11-22-15-8-4-6-10-17(15)26-20(22)21-19(24)14-12-25-16-9-5-3-7-13(16)18(14)23/h3-10,12H,2,11H2,1H3. The van der Waals surface area contributed by atoms with E-state index in [2.05, 4.69) is 11.9 Å². The Kier molecular flexibility index (Phi) is 4.26. The molecule has 0 aliphatic carbocycles. The smallest absolute Gasteiger partial charge is 0.286 e. The van der Waals surface area contributed by atoms with Gasteiger partial charge in [0.05, 0.1) is 15.6 Å². The molecule has 0 aliphatic heterocycles. The zero-order valence-electron chi connectivity index (χ0n) is 14.1. The largest absolute Gasteiger partial charge is 0.463 e. The molecule has 26 heavy (non-hydrogen) atoms. The number of fused-ring (bicyclic) bond motifs is 2. The number of para-hydroxylation sites is 2. The van der Waals surface area contributed by atoms with Gasteiger partial charge in [-0.25, -0.2) is 0 Å². The Labute approximate surface area is 152 Å². The summed E-state index contributed by atoms with van der Waals surface area (Å²) in [5, 5.41) is 0.381. The molecule has 0 saturated heterocycles. The van der Waals surface area contributed by atoms with E-state index in [9.17, 15) is 9.59 Å². The minimum Gasteiger partial charge on any atom is -0.463 e. The monoisotopic (exact) mass is 364 g/mol. The summed E-state index contributed by atoms with van der Waals surface area (Å²) in [6, 6.07) is 14.8. The van der Waals surface area contributed by atoms with Gasteiger partial charge in [0.15, 0.2) is 4.80 Å². The third-order valence-electron chi connectivity index (χ3n) is 4.14. The molecule has 0 N–H and O–H groups in total. The second-order valence-corrected chi connectivity index (χ2v) is 6.90. The van der Waals surface area contributed by atoms with E-state index < -0.39 is 5.91 Å². The molecule has 2 aromatic heterocycles. The van der Waals surface area contributed by atoms with Gasteiger partial charge < -0.3 is 8.98 Å².